The number of benzene rings is 2. The van der Waals surface area contributed by atoms with Crippen LogP contribution < -0.4 is 5.32 Å². The monoisotopic (exact) mass is 849 g/mol. The molecule has 4 N–H and O–H groups in total. The predicted molar refractivity (Wildman–Crippen MR) is 213 cm³/mol. The quantitative estimate of drug-likeness (QED) is 0.160. The SMILES string of the molecule is CC(=O)O[C@H]1C(=O)[C@]2(C)[C@@H](O)CC3OC[C@@]3(OC(C)=O)[C@H]2[C@H](OC(=O)c2ccccc2)[C@]2(O)C[C@H](OC(=O)[C@H](O)[C@H](NC(=O)OC(C)(C)C)c3ccccc3)C(C)=C1C2(C)C. The highest BCUT2D eigenvalue weighted by Gasteiger charge is 2.78. The molecule has 0 spiro atoms. The van der Waals surface area contributed by atoms with Crippen LogP contribution in [0.4, 0.5) is 4.79 Å². The number of hydrogen-bond acceptors (Lipinski definition) is 15. The van der Waals surface area contributed by atoms with Crippen molar-refractivity contribution in [1.82, 2.24) is 5.32 Å². The molecule has 2 aromatic rings. The Bertz CT molecular complexity index is 2100. The number of ketones is 1. The molecule has 1 unspecified atom stereocenters. The van der Waals surface area contributed by atoms with E-state index in [4.69, 9.17) is 28.4 Å². The second kappa shape index (κ2) is 16.3. The molecular weight excluding hydrogens is 794 g/mol. The lowest BCUT2D eigenvalue weighted by molar-refractivity contribution is -0.346. The van der Waals surface area contributed by atoms with E-state index in [-0.39, 0.29) is 29.7 Å². The van der Waals surface area contributed by atoms with Crippen LogP contribution in [0.1, 0.15) is 97.1 Å². The van der Waals surface area contributed by atoms with Gasteiger partial charge in [0, 0.05) is 32.1 Å². The Morgan fingerprint density at radius 2 is 1.51 bits per heavy atom. The van der Waals surface area contributed by atoms with Gasteiger partial charge in [-0.05, 0) is 63.5 Å². The molecule has 4 aliphatic rings. The summed E-state index contributed by atoms with van der Waals surface area (Å²) in [7, 11) is 0. The summed E-state index contributed by atoms with van der Waals surface area (Å²) in [5.74, 6) is -6.30. The number of aliphatic hydroxyl groups excluding tert-OH is 2. The Balaban J connectivity index is 1.54. The molecular formula is C45H55NO15. The van der Waals surface area contributed by atoms with Crippen LogP contribution in [0.3, 0.4) is 0 Å². The fourth-order valence-electron chi connectivity index (χ4n) is 9.80. The first-order valence-electron chi connectivity index (χ1n) is 20.2. The van der Waals surface area contributed by atoms with Crippen molar-refractivity contribution in [3.8, 4) is 0 Å². The van der Waals surface area contributed by atoms with Crippen LogP contribution in [0.2, 0.25) is 0 Å². The summed E-state index contributed by atoms with van der Waals surface area (Å²) in [6.07, 6.45) is -11.5. The van der Waals surface area contributed by atoms with Gasteiger partial charge in [0.15, 0.2) is 23.6 Å². The van der Waals surface area contributed by atoms with Gasteiger partial charge in [0.2, 0.25) is 0 Å². The van der Waals surface area contributed by atoms with Gasteiger partial charge in [-0.2, -0.15) is 0 Å². The lowest BCUT2D eigenvalue weighted by Crippen LogP contribution is -2.82. The van der Waals surface area contributed by atoms with Crippen molar-refractivity contribution in [3.63, 3.8) is 0 Å². The zero-order valence-corrected chi connectivity index (χ0v) is 35.8. The topological polar surface area (TPSA) is 231 Å². The standard InChI is InChI=1S/C45H55NO15/c1-23-28(58-39(53)33(50)32(26-16-12-10-13-17-26)46-40(54)61-41(4,5)6)21-45(55)37(59-38(52)27-18-14-11-15-19-27)35-43(9,29(49)20-30-44(35,22-56-30)60-25(3)48)36(51)34(57-24(2)47)31(23)42(45,7)8/h10-19,28-30,32-35,37,49-50,55H,20-22H2,1-9H3,(H,46,54)/t28-,29-,30?,32+,33+,34+,35-,37-,43+,44-,45+/m0/s1. The summed E-state index contributed by atoms with van der Waals surface area (Å²) < 4.78 is 35.6. The molecule has 2 saturated carbocycles. The average molecular weight is 850 g/mol. The van der Waals surface area contributed by atoms with E-state index >= 15 is 4.79 Å². The number of rotatable bonds is 9. The summed E-state index contributed by atoms with van der Waals surface area (Å²) in [6, 6.07) is 14.5. The summed E-state index contributed by atoms with van der Waals surface area (Å²) >= 11 is 0. The van der Waals surface area contributed by atoms with Gasteiger partial charge >= 0.3 is 30.0 Å². The van der Waals surface area contributed by atoms with Crippen LogP contribution in [0.5, 0.6) is 0 Å². The Hall–Kier alpha value is -5.16. The van der Waals surface area contributed by atoms with Gasteiger partial charge in [-0.25, -0.2) is 14.4 Å². The number of amides is 1. The van der Waals surface area contributed by atoms with E-state index in [0.717, 1.165) is 13.8 Å². The number of carbonyl (C=O) groups excluding carboxylic acids is 6. The predicted octanol–water partition coefficient (Wildman–Crippen LogP) is 3.83. The number of aliphatic hydroxyl groups is 3. The molecule has 16 nitrogen and oxygen atoms in total. The molecule has 1 aliphatic heterocycles. The summed E-state index contributed by atoms with van der Waals surface area (Å²) in [5.41, 5.74) is -8.30. The minimum atomic E-state index is -2.40. The molecule has 3 fully saturated rings. The minimum absolute atomic E-state index is 0.0126. The lowest BCUT2D eigenvalue weighted by Gasteiger charge is -2.67. The summed E-state index contributed by atoms with van der Waals surface area (Å²) in [5, 5.41) is 39.9. The van der Waals surface area contributed by atoms with Gasteiger partial charge in [-0.1, -0.05) is 62.4 Å². The largest absolute Gasteiger partial charge is 0.456 e. The number of esters is 4. The maximum absolute atomic E-state index is 15.5. The molecule has 3 aliphatic carbocycles. The van der Waals surface area contributed by atoms with Crippen LogP contribution >= 0.6 is 0 Å². The van der Waals surface area contributed by atoms with Gasteiger partial charge in [0.05, 0.1) is 35.6 Å². The molecule has 16 heteroatoms. The van der Waals surface area contributed by atoms with Crippen molar-refractivity contribution in [1.29, 1.82) is 0 Å². The van der Waals surface area contributed by atoms with E-state index in [9.17, 15) is 39.3 Å². The van der Waals surface area contributed by atoms with Gasteiger partial charge in [0.1, 0.15) is 29.5 Å². The molecule has 61 heavy (non-hydrogen) atoms. The third kappa shape index (κ3) is 7.94. The molecule has 1 saturated heterocycles. The number of fused-ring (bicyclic) bond motifs is 5. The van der Waals surface area contributed by atoms with E-state index in [2.05, 4.69) is 5.32 Å². The van der Waals surface area contributed by atoms with E-state index in [0.29, 0.717) is 5.56 Å². The average Bonchev–Trinajstić information content (AvgIpc) is 3.17. The highest BCUT2D eigenvalue weighted by molar-refractivity contribution is 5.95. The molecule has 11 atom stereocenters. The normalized spacial score (nSPS) is 32.5. The third-order valence-corrected chi connectivity index (χ3v) is 12.8. The van der Waals surface area contributed by atoms with Crippen molar-refractivity contribution in [2.45, 2.75) is 135 Å². The number of hydrogen-bond donors (Lipinski definition) is 4. The molecule has 2 bridgehead atoms. The number of nitrogens with one attached hydrogen (secondary N) is 1. The van der Waals surface area contributed by atoms with Gasteiger partial charge < -0.3 is 49.1 Å². The van der Waals surface area contributed by atoms with Gasteiger partial charge in [-0.3, -0.25) is 14.4 Å². The van der Waals surface area contributed by atoms with E-state index in [1.165, 1.54) is 26.0 Å². The van der Waals surface area contributed by atoms with E-state index in [1.807, 2.05) is 0 Å². The molecule has 330 valence electrons. The van der Waals surface area contributed by atoms with E-state index < -0.39 is 118 Å². The Labute approximate surface area is 353 Å². The molecule has 0 radical (unpaired) electrons. The number of Topliss-reactive ketones (excluding diaryl/α,β-unsaturated/α-hetero) is 1. The van der Waals surface area contributed by atoms with Crippen molar-refractivity contribution >= 4 is 35.8 Å². The van der Waals surface area contributed by atoms with Crippen LogP contribution in [-0.4, -0.2) is 111 Å². The maximum Gasteiger partial charge on any atom is 0.408 e. The minimum Gasteiger partial charge on any atom is -0.456 e. The summed E-state index contributed by atoms with van der Waals surface area (Å²) in [6.45, 7) is 12.9. The molecule has 6 rings (SSSR count). The summed E-state index contributed by atoms with van der Waals surface area (Å²) in [4.78, 5) is 82.9. The fourth-order valence-corrected chi connectivity index (χ4v) is 9.80. The third-order valence-electron chi connectivity index (χ3n) is 12.8. The van der Waals surface area contributed by atoms with Gasteiger partial charge in [-0.15, -0.1) is 0 Å². The Kier molecular flexibility index (Phi) is 12.1. The van der Waals surface area contributed by atoms with Crippen LogP contribution in [0.25, 0.3) is 0 Å². The molecule has 2 aromatic carbocycles. The van der Waals surface area contributed by atoms with Crippen LogP contribution in [-0.2, 0) is 47.6 Å². The number of alkyl carbamates (subject to hydrolysis) is 1. The number of carbonyl (C=O) groups is 6. The zero-order chi connectivity index (χ0) is 45.0. The van der Waals surface area contributed by atoms with Gasteiger partial charge in [0.25, 0.3) is 0 Å². The zero-order valence-electron chi connectivity index (χ0n) is 35.8. The second-order valence-electron chi connectivity index (χ2n) is 18.2. The smallest absolute Gasteiger partial charge is 0.408 e. The van der Waals surface area contributed by atoms with Crippen molar-refractivity contribution in [2.75, 3.05) is 6.61 Å². The molecule has 0 aromatic heterocycles. The Morgan fingerprint density at radius 3 is 2.05 bits per heavy atom. The fraction of sp³-hybridized carbons (Fsp3) is 0.556. The van der Waals surface area contributed by atoms with Crippen molar-refractivity contribution in [3.05, 3.63) is 82.9 Å². The highest BCUT2D eigenvalue weighted by Crippen LogP contribution is 2.64. The Morgan fingerprint density at radius 1 is 0.902 bits per heavy atom. The van der Waals surface area contributed by atoms with Crippen LogP contribution in [0.15, 0.2) is 71.8 Å². The van der Waals surface area contributed by atoms with Crippen molar-refractivity contribution < 1.29 is 72.5 Å². The van der Waals surface area contributed by atoms with Crippen molar-refractivity contribution in [2.24, 2.45) is 16.7 Å². The molecule has 1 amide bonds. The first-order valence-corrected chi connectivity index (χ1v) is 20.2. The first kappa shape index (κ1) is 45.4. The number of ether oxygens (including phenoxy) is 6. The van der Waals surface area contributed by atoms with E-state index in [1.54, 1.807) is 83.1 Å². The van der Waals surface area contributed by atoms with Crippen LogP contribution in [0, 0.1) is 16.7 Å². The lowest BCUT2D eigenvalue weighted by atomic mass is 9.44. The molecule has 1 heterocycles. The highest BCUT2D eigenvalue weighted by atomic mass is 16.6. The maximum atomic E-state index is 15.5. The first-order chi connectivity index (χ1) is 28.4. The second-order valence-corrected chi connectivity index (χ2v) is 18.2.